The molecule has 0 aromatic heterocycles. The van der Waals surface area contributed by atoms with Gasteiger partial charge in [0.1, 0.15) is 5.82 Å². The molecule has 1 nitrogen and oxygen atoms in total. The van der Waals surface area contributed by atoms with Crippen molar-refractivity contribution >= 4 is 28.1 Å². The summed E-state index contributed by atoms with van der Waals surface area (Å²) >= 11 is 5.88. The van der Waals surface area contributed by atoms with E-state index in [0.29, 0.717) is 6.54 Å². The lowest BCUT2D eigenvalue weighted by molar-refractivity contribution is 0.585. The summed E-state index contributed by atoms with van der Waals surface area (Å²) in [6.07, 6.45) is 0. The van der Waals surface area contributed by atoms with Crippen LogP contribution in [-0.2, 0) is 6.54 Å². The molecule has 0 atom stereocenters. The summed E-state index contributed by atoms with van der Waals surface area (Å²) in [5.41, 5.74) is 1.14. The van der Waals surface area contributed by atoms with Gasteiger partial charge in [0, 0.05) is 12.6 Å². The lowest BCUT2D eigenvalue weighted by Crippen LogP contribution is -2.03. The summed E-state index contributed by atoms with van der Waals surface area (Å²) in [4.78, 5) is 0. The second-order valence-electron chi connectivity index (χ2n) is 4.74. The molecule has 0 unspecified atom stereocenters. The highest BCUT2D eigenvalue weighted by atomic mass is 35.5. The summed E-state index contributed by atoms with van der Waals surface area (Å²) in [6, 6.07) is 15.8. The first-order valence-electron chi connectivity index (χ1n) is 6.50. The van der Waals surface area contributed by atoms with Crippen molar-refractivity contribution < 1.29 is 8.78 Å². The number of anilines is 1. The highest BCUT2D eigenvalue weighted by Crippen LogP contribution is 2.27. The van der Waals surface area contributed by atoms with Crippen molar-refractivity contribution in [2.24, 2.45) is 0 Å². The number of hydrogen-bond donors (Lipinski definition) is 1. The summed E-state index contributed by atoms with van der Waals surface area (Å²) in [5.74, 6) is -1.38. The van der Waals surface area contributed by atoms with Gasteiger partial charge < -0.3 is 5.32 Å². The minimum atomic E-state index is -0.694. The van der Waals surface area contributed by atoms with Crippen LogP contribution in [0.15, 0.2) is 54.6 Å². The molecule has 0 saturated carbocycles. The average Bonchev–Trinajstić information content (AvgIpc) is 2.46. The van der Waals surface area contributed by atoms with Crippen molar-refractivity contribution in [2.45, 2.75) is 6.54 Å². The molecular weight excluding hydrogens is 292 g/mol. The lowest BCUT2D eigenvalue weighted by atomic mass is 10.0. The second kappa shape index (κ2) is 5.70. The molecule has 0 bridgehead atoms. The van der Waals surface area contributed by atoms with Gasteiger partial charge in [-0.15, -0.1) is 0 Å². The standard InChI is InChI=1S/C17H12ClF2N/c18-15-8-13(19)9-16(20)17(15)21-10-12-6-3-5-11-4-1-2-7-14(11)12/h1-9,21H,10H2. The molecular formula is C17H12ClF2N. The van der Waals surface area contributed by atoms with E-state index >= 15 is 0 Å². The predicted octanol–water partition coefficient (Wildman–Crippen LogP) is 5.38. The normalized spacial score (nSPS) is 10.8. The van der Waals surface area contributed by atoms with Crippen LogP contribution in [0.25, 0.3) is 10.8 Å². The Labute approximate surface area is 126 Å². The highest BCUT2D eigenvalue weighted by molar-refractivity contribution is 6.33. The van der Waals surface area contributed by atoms with Crippen molar-refractivity contribution in [2.75, 3.05) is 5.32 Å². The van der Waals surface area contributed by atoms with Crippen molar-refractivity contribution in [3.8, 4) is 0 Å². The van der Waals surface area contributed by atoms with Gasteiger partial charge in [-0.1, -0.05) is 54.1 Å². The first-order valence-corrected chi connectivity index (χ1v) is 6.88. The molecule has 21 heavy (non-hydrogen) atoms. The third-order valence-corrected chi connectivity index (χ3v) is 3.64. The van der Waals surface area contributed by atoms with Crippen molar-refractivity contribution in [1.29, 1.82) is 0 Å². The summed E-state index contributed by atoms with van der Waals surface area (Å²) < 4.78 is 26.8. The smallest absolute Gasteiger partial charge is 0.150 e. The Balaban J connectivity index is 1.91. The van der Waals surface area contributed by atoms with Gasteiger partial charge in [-0.3, -0.25) is 0 Å². The Kier molecular flexibility index (Phi) is 3.76. The van der Waals surface area contributed by atoms with E-state index in [1.807, 2.05) is 42.5 Å². The van der Waals surface area contributed by atoms with E-state index < -0.39 is 11.6 Å². The van der Waals surface area contributed by atoms with Crippen LogP contribution in [0.1, 0.15) is 5.56 Å². The van der Waals surface area contributed by atoms with Gasteiger partial charge in [0.2, 0.25) is 0 Å². The largest absolute Gasteiger partial charge is 0.377 e. The van der Waals surface area contributed by atoms with Crippen LogP contribution in [0.2, 0.25) is 5.02 Å². The molecule has 0 aliphatic carbocycles. The van der Waals surface area contributed by atoms with Gasteiger partial charge in [-0.05, 0) is 22.4 Å². The average molecular weight is 304 g/mol. The third-order valence-electron chi connectivity index (χ3n) is 3.34. The van der Waals surface area contributed by atoms with Gasteiger partial charge in [0.05, 0.1) is 10.7 Å². The third kappa shape index (κ3) is 2.83. The number of halogens is 3. The van der Waals surface area contributed by atoms with Gasteiger partial charge >= 0.3 is 0 Å². The Morgan fingerprint density at radius 3 is 2.52 bits per heavy atom. The number of hydrogen-bond acceptors (Lipinski definition) is 1. The minimum Gasteiger partial charge on any atom is -0.377 e. The quantitative estimate of drug-likeness (QED) is 0.684. The fourth-order valence-corrected chi connectivity index (χ4v) is 2.60. The highest BCUT2D eigenvalue weighted by Gasteiger charge is 2.10. The van der Waals surface area contributed by atoms with Crippen LogP contribution < -0.4 is 5.32 Å². The maximum absolute atomic E-state index is 13.7. The molecule has 0 fully saturated rings. The fraction of sp³-hybridized carbons (Fsp3) is 0.0588. The van der Waals surface area contributed by atoms with Gasteiger partial charge in [0.25, 0.3) is 0 Å². The van der Waals surface area contributed by atoms with Crippen molar-refractivity contribution in [1.82, 2.24) is 0 Å². The number of fused-ring (bicyclic) bond motifs is 1. The second-order valence-corrected chi connectivity index (χ2v) is 5.14. The lowest BCUT2D eigenvalue weighted by Gasteiger charge is -2.11. The van der Waals surface area contributed by atoms with Crippen molar-refractivity contribution in [3.63, 3.8) is 0 Å². The molecule has 1 N–H and O–H groups in total. The minimum absolute atomic E-state index is 0.0349. The zero-order valence-electron chi connectivity index (χ0n) is 11.0. The van der Waals surface area contributed by atoms with E-state index in [9.17, 15) is 8.78 Å². The maximum Gasteiger partial charge on any atom is 0.150 e. The van der Waals surface area contributed by atoms with E-state index in [1.54, 1.807) is 0 Å². The molecule has 3 aromatic carbocycles. The van der Waals surface area contributed by atoms with Crippen LogP contribution in [-0.4, -0.2) is 0 Å². The van der Waals surface area contributed by atoms with Gasteiger partial charge in [0.15, 0.2) is 5.82 Å². The fourth-order valence-electron chi connectivity index (χ4n) is 2.34. The van der Waals surface area contributed by atoms with E-state index in [0.717, 1.165) is 28.5 Å². The first-order chi connectivity index (χ1) is 10.1. The van der Waals surface area contributed by atoms with E-state index in [1.165, 1.54) is 0 Å². The zero-order chi connectivity index (χ0) is 14.8. The van der Waals surface area contributed by atoms with Crippen LogP contribution in [0.4, 0.5) is 14.5 Å². The molecule has 106 valence electrons. The Hall–Kier alpha value is -2.13. The monoisotopic (exact) mass is 303 g/mol. The van der Waals surface area contributed by atoms with Gasteiger partial charge in [-0.25, -0.2) is 8.78 Å². The van der Waals surface area contributed by atoms with Crippen molar-refractivity contribution in [3.05, 3.63) is 76.8 Å². The maximum atomic E-state index is 13.7. The SMILES string of the molecule is Fc1cc(F)c(NCc2cccc3ccccc23)c(Cl)c1. The number of nitrogens with one attached hydrogen (secondary N) is 1. The van der Waals surface area contributed by atoms with E-state index in [2.05, 4.69) is 5.32 Å². The Morgan fingerprint density at radius 1 is 0.952 bits per heavy atom. The molecule has 0 spiro atoms. The Morgan fingerprint density at radius 2 is 1.71 bits per heavy atom. The van der Waals surface area contributed by atoms with E-state index in [-0.39, 0.29) is 10.7 Å². The van der Waals surface area contributed by atoms with Gasteiger partial charge in [-0.2, -0.15) is 0 Å². The molecule has 4 heteroatoms. The molecule has 0 amide bonds. The molecule has 0 aliphatic rings. The molecule has 0 radical (unpaired) electrons. The van der Waals surface area contributed by atoms with Crippen LogP contribution in [0.3, 0.4) is 0 Å². The summed E-state index contributed by atoms with van der Waals surface area (Å²) in [6.45, 7) is 0.406. The van der Waals surface area contributed by atoms with Crippen LogP contribution >= 0.6 is 11.6 Å². The molecule has 0 aliphatic heterocycles. The first kappa shape index (κ1) is 13.8. The molecule has 0 saturated heterocycles. The van der Waals surface area contributed by atoms with Crippen LogP contribution in [0.5, 0.6) is 0 Å². The Bertz CT molecular complexity index is 773. The summed E-state index contributed by atoms with van der Waals surface area (Å²) in [7, 11) is 0. The van der Waals surface area contributed by atoms with E-state index in [4.69, 9.17) is 11.6 Å². The predicted molar refractivity (Wildman–Crippen MR) is 82.6 cm³/mol. The topological polar surface area (TPSA) is 12.0 Å². The van der Waals surface area contributed by atoms with Crippen LogP contribution in [0, 0.1) is 11.6 Å². The molecule has 3 aromatic rings. The number of benzene rings is 3. The number of rotatable bonds is 3. The summed E-state index contributed by atoms with van der Waals surface area (Å²) in [5, 5.41) is 5.18. The molecule has 3 rings (SSSR count). The zero-order valence-corrected chi connectivity index (χ0v) is 11.8. The molecule has 0 heterocycles.